The summed E-state index contributed by atoms with van der Waals surface area (Å²) in [5, 5.41) is 15.2. The van der Waals surface area contributed by atoms with Gasteiger partial charge in [0.1, 0.15) is 5.69 Å². The third kappa shape index (κ3) is 3.55. The number of nitrogens with zero attached hydrogens (tertiary/aromatic N) is 1. The molecular formula is C19H18N2O2. The Kier molecular flexibility index (Phi) is 4.35. The molecule has 1 aromatic heterocycles. The van der Waals surface area contributed by atoms with Crippen LogP contribution in [0.25, 0.3) is 10.8 Å². The van der Waals surface area contributed by atoms with Gasteiger partial charge >= 0.3 is 0 Å². The number of amides is 1. The lowest BCUT2D eigenvalue weighted by Gasteiger charge is -2.13. The molecule has 3 rings (SSSR count). The molecule has 23 heavy (non-hydrogen) atoms. The van der Waals surface area contributed by atoms with E-state index >= 15 is 0 Å². The summed E-state index contributed by atoms with van der Waals surface area (Å²) in [4.78, 5) is 16.2. The van der Waals surface area contributed by atoms with E-state index in [0.717, 1.165) is 22.0 Å². The normalized spacial score (nSPS) is 12.1. The zero-order valence-electron chi connectivity index (χ0n) is 12.9. The third-order valence-corrected chi connectivity index (χ3v) is 3.74. The Morgan fingerprint density at radius 1 is 1.09 bits per heavy atom. The number of nitrogens with one attached hydrogen (secondary N) is 1. The summed E-state index contributed by atoms with van der Waals surface area (Å²) in [6, 6.07) is 19.0. The fraction of sp³-hybridized carbons (Fsp3) is 0.158. The molecular weight excluding hydrogens is 288 g/mol. The number of carbonyl (C=O) groups excluding carboxylic acids is 1. The summed E-state index contributed by atoms with van der Waals surface area (Å²) in [5.41, 5.74) is 1.92. The third-order valence-electron chi connectivity index (χ3n) is 3.74. The van der Waals surface area contributed by atoms with Gasteiger partial charge in [0.25, 0.3) is 5.91 Å². The van der Waals surface area contributed by atoms with Crippen molar-refractivity contribution in [2.75, 3.05) is 6.54 Å². The van der Waals surface area contributed by atoms with Crippen LogP contribution >= 0.6 is 0 Å². The predicted molar refractivity (Wildman–Crippen MR) is 90.2 cm³/mol. The fourth-order valence-electron chi connectivity index (χ4n) is 2.48. The lowest BCUT2D eigenvalue weighted by atomic mass is 10.0. The summed E-state index contributed by atoms with van der Waals surface area (Å²) in [5.74, 6) is -0.284. The van der Waals surface area contributed by atoms with E-state index in [-0.39, 0.29) is 12.5 Å². The SMILES string of the molecule is Cc1cccc(C(=O)NCC(O)c2ccc3ccccc3c2)n1. The number of aromatic nitrogens is 1. The number of aliphatic hydroxyl groups excluding tert-OH is 1. The van der Waals surface area contributed by atoms with Crippen LogP contribution in [-0.2, 0) is 0 Å². The van der Waals surface area contributed by atoms with Crippen molar-refractivity contribution >= 4 is 16.7 Å². The molecule has 4 nitrogen and oxygen atoms in total. The maximum Gasteiger partial charge on any atom is 0.269 e. The highest BCUT2D eigenvalue weighted by atomic mass is 16.3. The van der Waals surface area contributed by atoms with Gasteiger partial charge in [0, 0.05) is 12.2 Å². The average molecular weight is 306 g/mol. The highest BCUT2D eigenvalue weighted by Gasteiger charge is 2.12. The quantitative estimate of drug-likeness (QED) is 0.779. The summed E-state index contributed by atoms with van der Waals surface area (Å²) in [6.07, 6.45) is -0.756. The van der Waals surface area contributed by atoms with Crippen LogP contribution in [0, 0.1) is 6.92 Å². The van der Waals surface area contributed by atoms with Gasteiger partial charge in [0.2, 0.25) is 0 Å². The number of aliphatic hydroxyl groups is 1. The number of benzene rings is 2. The first-order valence-electron chi connectivity index (χ1n) is 7.52. The van der Waals surface area contributed by atoms with Crippen molar-refractivity contribution in [2.45, 2.75) is 13.0 Å². The number of aryl methyl sites for hydroxylation is 1. The molecule has 1 heterocycles. The van der Waals surface area contributed by atoms with Gasteiger partial charge in [0.15, 0.2) is 0 Å². The van der Waals surface area contributed by atoms with Crippen molar-refractivity contribution in [1.29, 1.82) is 0 Å². The van der Waals surface area contributed by atoms with Crippen LogP contribution in [0.2, 0.25) is 0 Å². The molecule has 0 saturated carbocycles. The highest BCUT2D eigenvalue weighted by Crippen LogP contribution is 2.20. The molecule has 0 bridgehead atoms. The van der Waals surface area contributed by atoms with E-state index in [0.29, 0.717) is 5.69 Å². The van der Waals surface area contributed by atoms with Gasteiger partial charge in [-0.3, -0.25) is 4.79 Å². The maximum atomic E-state index is 12.1. The maximum absolute atomic E-state index is 12.1. The van der Waals surface area contributed by atoms with Crippen molar-refractivity contribution in [3.8, 4) is 0 Å². The number of hydrogen-bond donors (Lipinski definition) is 2. The van der Waals surface area contributed by atoms with Gasteiger partial charge in [-0.05, 0) is 41.5 Å². The minimum Gasteiger partial charge on any atom is -0.387 e. The summed E-state index contributed by atoms with van der Waals surface area (Å²) in [7, 11) is 0. The van der Waals surface area contributed by atoms with Crippen LogP contribution in [-0.4, -0.2) is 22.5 Å². The van der Waals surface area contributed by atoms with Gasteiger partial charge in [-0.1, -0.05) is 42.5 Å². The van der Waals surface area contributed by atoms with Gasteiger partial charge < -0.3 is 10.4 Å². The lowest BCUT2D eigenvalue weighted by molar-refractivity contribution is 0.0911. The van der Waals surface area contributed by atoms with Crippen molar-refractivity contribution < 1.29 is 9.90 Å². The van der Waals surface area contributed by atoms with Crippen LogP contribution < -0.4 is 5.32 Å². The van der Waals surface area contributed by atoms with Crippen LogP contribution in [0.1, 0.15) is 27.8 Å². The Morgan fingerprint density at radius 3 is 2.65 bits per heavy atom. The second kappa shape index (κ2) is 6.58. The monoisotopic (exact) mass is 306 g/mol. The topological polar surface area (TPSA) is 62.2 Å². The molecule has 116 valence electrons. The number of fused-ring (bicyclic) bond motifs is 1. The zero-order chi connectivity index (χ0) is 16.2. The van der Waals surface area contributed by atoms with Crippen LogP contribution in [0.15, 0.2) is 60.7 Å². The van der Waals surface area contributed by atoms with Crippen LogP contribution in [0.3, 0.4) is 0 Å². The van der Waals surface area contributed by atoms with E-state index in [9.17, 15) is 9.90 Å². The van der Waals surface area contributed by atoms with Crippen molar-refractivity contribution in [3.05, 3.63) is 77.6 Å². The largest absolute Gasteiger partial charge is 0.387 e. The molecule has 0 fully saturated rings. The zero-order valence-corrected chi connectivity index (χ0v) is 12.9. The van der Waals surface area contributed by atoms with Crippen molar-refractivity contribution in [3.63, 3.8) is 0 Å². The second-order valence-corrected chi connectivity index (χ2v) is 5.50. The molecule has 2 N–H and O–H groups in total. The number of rotatable bonds is 4. The predicted octanol–water partition coefficient (Wildman–Crippen LogP) is 3.01. The first kappa shape index (κ1) is 15.2. The molecule has 0 saturated heterocycles. The Bertz CT molecular complexity index is 845. The van der Waals surface area contributed by atoms with E-state index in [4.69, 9.17) is 0 Å². The fourth-order valence-corrected chi connectivity index (χ4v) is 2.48. The molecule has 1 atom stereocenters. The van der Waals surface area contributed by atoms with Crippen LogP contribution in [0.5, 0.6) is 0 Å². The minimum absolute atomic E-state index is 0.146. The molecule has 0 aliphatic rings. The summed E-state index contributed by atoms with van der Waals surface area (Å²) < 4.78 is 0. The molecule has 1 amide bonds. The molecule has 0 spiro atoms. The van der Waals surface area contributed by atoms with Gasteiger partial charge in [-0.15, -0.1) is 0 Å². The minimum atomic E-state index is -0.756. The van der Waals surface area contributed by atoms with E-state index in [1.54, 1.807) is 12.1 Å². The number of hydrogen-bond acceptors (Lipinski definition) is 3. The Balaban J connectivity index is 1.68. The Morgan fingerprint density at radius 2 is 1.87 bits per heavy atom. The molecule has 0 aliphatic carbocycles. The van der Waals surface area contributed by atoms with Crippen LogP contribution in [0.4, 0.5) is 0 Å². The van der Waals surface area contributed by atoms with E-state index in [2.05, 4.69) is 10.3 Å². The standard InChI is InChI=1S/C19H18N2O2/c1-13-5-4-8-17(21-13)19(23)20-12-18(22)16-10-9-14-6-2-3-7-15(14)11-16/h2-11,18,22H,12H2,1H3,(H,20,23). The summed E-state index contributed by atoms with van der Waals surface area (Å²) in [6.45, 7) is 1.98. The summed E-state index contributed by atoms with van der Waals surface area (Å²) >= 11 is 0. The molecule has 0 aliphatic heterocycles. The highest BCUT2D eigenvalue weighted by molar-refractivity contribution is 5.92. The molecule has 2 aromatic carbocycles. The average Bonchev–Trinajstić information content (AvgIpc) is 2.59. The van der Waals surface area contributed by atoms with Gasteiger partial charge in [-0.2, -0.15) is 0 Å². The number of pyridine rings is 1. The van der Waals surface area contributed by atoms with Gasteiger partial charge in [-0.25, -0.2) is 4.98 Å². The Labute approximate surface area is 134 Å². The Hall–Kier alpha value is -2.72. The molecule has 4 heteroatoms. The number of carbonyl (C=O) groups is 1. The van der Waals surface area contributed by atoms with E-state index in [1.807, 2.05) is 55.5 Å². The van der Waals surface area contributed by atoms with E-state index < -0.39 is 6.10 Å². The molecule has 1 unspecified atom stereocenters. The lowest BCUT2D eigenvalue weighted by Crippen LogP contribution is -2.29. The van der Waals surface area contributed by atoms with Crippen molar-refractivity contribution in [1.82, 2.24) is 10.3 Å². The first-order valence-corrected chi connectivity index (χ1v) is 7.52. The van der Waals surface area contributed by atoms with Gasteiger partial charge in [0.05, 0.1) is 6.10 Å². The second-order valence-electron chi connectivity index (χ2n) is 5.50. The molecule has 0 radical (unpaired) electrons. The smallest absolute Gasteiger partial charge is 0.269 e. The molecule has 3 aromatic rings. The van der Waals surface area contributed by atoms with Crippen molar-refractivity contribution in [2.24, 2.45) is 0 Å². The first-order chi connectivity index (χ1) is 11.1. The van der Waals surface area contributed by atoms with E-state index in [1.165, 1.54) is 0 Å².